The van der Waals surface area contributed by atoms with Crippen molar-refractivity contribution in [3.8, 4) is 11.5 Å². The van der Waals surface area contributed by atoms with Crippen LogP contribution in [0.2, 0.25) is 0 Å². The average molecular weight is 352 g/mol. The lowest BCUT2D eigenvalue weighted by Crippen LogP contribution is -2.37. The van der Waals surface area contributed by atoms with Gasteiger partial charge in [0.15, 0.2) is 17.5 Å². The van der Waals surface area contributed by atoms with Gasteiger partial charge in [-0.25, -0.2) is 0 Å². The fraction of sp³-hybridized carbons (Fsp3) is 0.533. The summed E-state index contributed by atoms with van der Waals surface area (Å²) in [5.41, 5.74) is 7.24. The summed E-state index contributed by atoms with van der Waals surface area (Å²) in [5, 5.41) is 0. The van der Waals surface area contributed by atoms with E-state index in [0.717, 1.165) is 22.4 Å². The molecule has 0 aromatic heterocycles. The zero-order chi connectivity index (χ0) is 14.4. The zero-order valence-corrected chi connectivity index (χ0v) is 13.3. The number of nitrogens with zero attached hydrogens (tertiary/aromatic N) is 2. The Bertz CT molecular complexity index is 601. The van der Waals surface area contributed by atoms with Crippen LogP contribution in [0.3, 0.4) is 0 Å². The highest BCUT2D eigenvalue weighted by molar-refractivity contribution is 9.10. The monoisotopic (exact) mass is 351 g/mol. The van der Waals surface area contributed by atoms with E-state index < -0.39 is 0 Å². The standard InChI is InChI=1S/C15H18BrN3O2/c16-11-6-9(7-13-14(11)21-5-1-4-20-13)12-8-18-15(17)19(12)10-2-3-10/h6-7,10,12H,1-5,8H2,(H2,17,18). The van der Waals surface area contributed by atoms with E-state index in [0.29, 0.717) is 31.8 Å². The van der Waals surface area contributed by atoms with Crippen molar-refractivity contribution in [2.24, 2.45) is 10.7 Å². The maximum Gasteiger partial charge on any atom is 0.192 e. The predicted octanol–water partition coefficient (Wildman–Crippen LogP) is 2.44. The fourth-order valence-corrected chi connectivity index (χ4v) is 3.59. The molecule has 1 saturated carbocycles. The van der Waals surface area contributed by atoms with Gasteiger partial charge in [-0.05, 0) is 46.5 Å². The van der Waals surface area contributed by atoms with Crippen molar-refractivity contribution in [2.75, 3.05) is 19.8 Å². The molecule has 2 N–H and O–H groups in total. The van der Waals surface area contributed by atoms with Gasteiger partial charge in [0, 0.05) is 12.5 Å². The van der Waals surface area contributed by atoms with E-state index in [1.54, 1.807) is 0 Å². The second-order valence-electron chi connectivity index (χ2n) is 5.73. The molecule has 3 aliphatic rings. The van der Waals surface area contributed by atoms with Crippen LogP contribution in [0, 0.1) is 0 Å². The fourth-order valence-electron chi connectivity index (χ4n) is 3.01. The number of benzene rings is 1. The number of fused-ring (bicyclic) bond motifs is 1. The zero-order valence-electron chi connectivity index (χ0n) is 11.7. The van der Waals surface area contributed by atoms with Crippen LogP contribution in [0.5, 0.6) is 11.5 Å². The summed E-state index contributed by atoms with van der Waals surface area (Å²) in [7, 11) is 0. The van der Waals surface area contributed by atoms with Gasteiger partial charge in [-0.15, -0.1) is 0 Å². The lowest BCUT2D eigenvalue weighted by atomic mass is 10.1. The molecule has 0 spiro atoms. The van der Waals surface area contributed by atoms with E-state index in [1.807, 2.05) is 0 Å². The number of aliphatic imine (C=N–C) groups is 1. The molecule has 6 heteroatoms. The molecular formula is C15H18BrN3O2. The molecule has 1 fully saturated rings. The van der Waals surface area contributed by atoms with Crippen molar-refractivity contribution < 1.29 is 9.47 Å². The highest BCUT2D eigenvalue weighted by atomic mass is 79.9. The minimum atomic E-state index is 0.214. The summed E-state index contributed by atoms with van der Waals surface area (Å²) in [4.78, 5) is 6.69. The van der Waals surface area contributed by atoms with Gasteiger partial charge in [0.2, 0.25) is 0 Å². The Labute approximate surface area is 132 Å². The van der Waals surface area contributed by atoms with Crippen molar-refractivity contribution in [1.82, 2.24) is 4.90 Å². The van der Waals surface area contributed by atoms with E-state index in [9.17, 15) is 0 Å². The molecule has 1 unspecified atom stereocenters. The summed E-state index contributed by atoms with van der Waals surface area (Å²) in [5.74, 6) is 2.30. The van der Waals surface area contributed by atoms with Crippen LogP contribution in [0.15, 0.2) is 21.6 Å². The first kappa shape index (κ1) is 13.2. The number of halogens is 1. The lowest BCUT2D eigenvalue weighted by molar-refractivity contribution is 0.296. The Morgan fingerprint density at radius 1 is 1.24 bits per heavy atom. The van der Waals surface area contributed by atoms with Crippen LogP contribution in [0.25, 0.3) is 0 Å². The van der Waals surface area contributed by atoms with Gasteiger partial charge in [0.05, 0.1) is 30.3 Å². The van der Waals surface area contributed by atoms with Crippen LogP contribution in [-0.2, 0) is 0 Å². The minimum Gasteiger partial charge on any atom is -0.490 e. The third-order valence-electron chi connectivity index (χ3n) is 4.18. The number of hydrogen-bond acceptors (Lipinski definition) is 5. The quantitative estimate of drug-likeness (QED) is 0.888. The highest BCUT2D eigenvalue weighted by Gasteiger charge is 2.39. The van der Waals surface area contributed by atoms with Crippen molar-refractivity contribution >= 4 is 21.9 Å². The first-order valence-electron chi connectivity index (χ1n) is 7.41. The molecular weight excluding hydrogens is 334 g/mol. The largest absolute Gasteiger partial charge is 0.490 e. The molecule has 0 radical (unpaired) electrons. The molecule has 2 heterocycles. The van der Waals surface area contributed by atoms with Gasteiger partial charge < -0.3 is 20.1 Å². The van der Waals surface area contributed by atoms with Crippen LogP contribution >= 0.6 is 15.9 Å². The highest BCUT2D eigenvalue weighted by Crippen LogP contribution is 2.43. The average Bonchev–Trinajstić information content (AvgIpc) is 3.25. The van der Waals surface area contributed by atoms with Crippen molar-refractivity contribution in [1.29, 1.82) is 0 Å². The molecule has 2 aliphatic heterocycles. The number of rotatable bonds is 2. The van der Waals surface area contributed by atoms with Gasteiger partial charge in [-0.1, -0.05) is 0 Å². The summed E-state index contributed by atoms with van der Waals surface area (Å²) >= 11 is 3.61. The third-order valence-corrected chi connectivity index (χ3v) is 4.77. The normalized spacial score (nSPS) is 24.7. The number of hydrogen-bond donors (Lipinski definition) is 1. The van der Waals surface area contributed by atoms with Crippen molar-refractivity contribution in [2.45, 2.75) is 31.3 Å². The van der Waals surface area contributed by atoms with E-state index >= 15 is 0 Å². The number of ether oxygens (including phenoxy) is 2. The summed E-state index contributed by atoms with van der Waals surface area (Å²) < 4.78 is 12.5. The first-order valence-corrected chi connectivity index (χ1v) is 8.20. The SMILES string of the molecule is NC1=NCC(c2cc(Br)c3c(c2)OCCCO3)N1C1CC1. The van der Waals surface area contributed by atoms with Crippen molar-refractivity contribution in [3.63, 3.8) is 0 Å². The Morgan fingerprint density at radius 3 is 2.86 bits per heavy atom. The maximum absolute atomic E-state index is 6.06. The van der Waals surface area contributed by atoms with Crippen LogP contribution in [-0.4, -0.2) is 36.7 Å². The molecule has 5 nitrogen and oxygen atoms in total. The molecule has 0 saturated heterocycles. The lowest BCUT2D eigenvalue weighted by Gasteiger charge is -2.27. The molecule has 0 amide bonds. The molecule has 1 aromatic carbocycles. The third kappa shape index (κ3) is 2.35. The molecule has 21 heavy (non-hydrogen) atoms. The van der Waals surface area contributed by atoms with Crippen LogP contribution < -0.4 is 15.2 Å². The molecule has 4 rings (SSSR count). The van der Waals surface area contributed by atoms with Crippen molar-refractivity contribution in [3.05, 3.63) is 22.2 Å². The van der Waals surface area contributed by atoms with Gasteiger partial charge in [-0.3, -0.25) is 4.99 Å². The Balaban J connectivity index is 1.69. The Kier molecular flexibility index (Phi) is 3.21. The molecule has 1 atom stereocenters. The van der Waals surface area contributed by atoms with E-state index in [4.69, 9.17) is 15.2 Å². The van der Waals surface area contributed by atoms with Crippen LogP contribution in [0.4, 0.5) is 0 Å². The molecule has 112 valence electrons. The summed E-state index contributed by atoms with van der Waals surface area (Å²) in [6, 6.07) is 4.96. The van der Waals surface area contributed by atoms with Gasteiger partial charge in [0.25, 0.3) is 0 Å². The molecule has 0 bridgehead atoms. The van der Waals surface area contributed by atoms with Gasteiger partial charge >= 0.3 is 0 Å². The number of nitrogens with two attached hydrogens (primary N) is 1. The molecule has 1 aliphatic carbocycles. The topological polar surface area (TPSA) is 60.1 Å². The van der Waals surface area contributed by atoms with E-state index in [1.165, 1.54) is 18.4 Å². The van der Waals surface area contributed by atoms with E-state index in [2.05, 4.69) is 38.0 Å². The Morgan fingerprint density at radius 2 is 2.05 bits per heavy atom. The number of guanidine groups is 1. The second-order valence-corrected chi connectivity index (χ2v) is 6.59. The smallest absolute Gasteiger partial charge is 0.192 e. The first-order chi connectivity index (χ1) is 10.2. The second kappa shape index (κ2) is 5.09. The van der Waals surface area contributed by atoms with Crippen LogP contribution in [0.1, 0.15) is 30.9 Å². The minimum absolute atomic E-state index is 0.214. The maximum atomic E-state index is 6.06. The van der Waals surface area contributed by atoms with E-state index in [-0.39, 0.29) is 6.04 Å². The summed E-state index contributed by atoms with van der Waals surface area (Å²) in [6.45, 7) is 2.10. The predicted molar refractivity (Wildman–Crippen MR) is 83.8 cm³/mol. The Hall–Kier alpha value is -1.43. The van der Waals surface area contributed by atoms with Gasteiger partial charge in [-0.2, -0.15) is 0 Å². The summed E-state index contributed by atoms with van der Waals surface area (Å²) in [6.07, 6.45) is 3.32. The molecule has 1 aromatic rings. The van der Waals surface area contributed by atoms with Gasteiger partial charge in [0.1, 0.15) is 0 Å².